The first-order valence-corrected chi connectivity index (χ1v) is 7.00. The molecule has 0 spiro atoms. The lowest BCUT2D eigenvalue weighted by atomic mass is 10.2. The Morgan fingerprint density at radius 3 is 2.90 bits per heavy atom. The van der Waals surface area contributed by atoms with Gasteiger partial charge in [-0.2, -0.15) is 15.2 Å². The van der Waals surface area contributed by atoms with Crippen molar-refractivity contribution in [3.8, 4) is 0 Å². The van der Waals surface area contributed by atoms with E-state index in [9.17, 15) is 0 Å². The van der Waals surface area contributed by atoms with Crippen LogP contribution in [0.3, 0.4) is 0 Å². The number of hydrogen-bond donors (Lipinski definition) is 1. The van der Waals surface area contributed by atoms with Gasteiger partial charge in [-0.3, -0.25) is 4.68 Å². The smallest absolute Gasteiger partial charge is 0.225 e. The average Bonchev–Trinajstić information content (AvgIpc) is 2.77. The summed E-state index contributed by atoms with van der Waals surface area (Å²) in [6, 6.07) is 3.60. The number of rotatable bonds is 4. The molecule has 0 aliphatic heterocycles. The predicted molar refractivity (Wildman–Crippen MR) is 80.6 cm³/mol. The molecule has 8 heteroatoms. The van der Waals surface area contributed by atoms with E-state index in [1.165, 1.54) is 0 Å². The lowest BCUT2D eigenvalue weighted by Gasteiger charge is -2.06. The van der Waals surface area contributed by atoms with Gasteiger partial charge in [0.25, 0.3) is 0 Å². The number of anilines is 2. The predicted octanol–water partition coefficient (Wildman–Crippen LogP) is 2.50. The van der Waals surface area contributed by atoms with Crippen LogP contribution in [-0.2, 0) is 13.5 Å². The molecule has 0 aliphatic carbocycles. The molecule has 0 unspecified atom stereocenters. The highest BCUT2D eigenvalue weighted by Gasteiger charge is 2.16. The van der Waals surface area contributed by atoms with Gasteiger partial charge in [0.1, 0.15) is 11.0 Å². The minimum absolute atomic E-state index is 0.180. The molecule has 0 radical (unpaired) electrons. The van der Waals surface area contributed by atoms with Gasteiger partial charge in [0.2, 0.25) is 5.28 Å². The summed E-state index contributed by atoms with van der Waals surface area (Å²) in [4.78, 5) is 8.56. The van der Waals surface area contributed by atoms with Crippen LogP contribution in [0.2, 0.25) is 5.28 Å². The van der Waals surface area contributed by atoms with E-state index in [2.05, 4.69) is 37.5 Å². The Morgan fingerprint density at radius 2 is 2.19 bits per heavy atom. The van der Waals surface area contributed by atoms with Crippen molar-refractivity contribution >= 4 is 34.3 Å². The molecule has 7 nitrogen and oxygen atoms in total. The molecule has 1 N–H and O–H groups in total. The van der Waals surface area contributed by atoms with E-state index in [-0.39, 0.29) is 5.28 Å². The number of fused-ring (bicyclic) bond motifs is 1. The molecule has 0 aromatic carbocycles. The Bertz CT molecular complexity index is 769. The van der Waals surface area contributed by atoms with Crippen molar-refractivity contribution in [3.63, 3.8) is 0 Å². The largest absolute Gasteiger partial charge is 0.321 e. The second-order valence-electron chi connectivity index (χ2n) is 4.59. The molecule has 3 aromatic heterocycles. The van der Waals surface area contributed by atoms with Gasteiger partial charge in [0, 0.05) is 13.2 Å². The molecule has 108 valence electrons. The maximum atomic E-state index is 6.04. The molecule has 3 aromatic rings. The van der Waals surface area contributed by atoms with Gasteiger partial charge in [0.15, 0.2) is 11.6 Å². The average molecular weight is 304 g/mol. The van der Waals surface area contributed by atoms with Crippen molar-refractivity contribution < 1.29 is 0 Å². The molecular formula is C13H14ClN7. The molecule has 0 atom stereocenters. The molecule has 0 amide bonds. The van der Waals surface area contributed by atoms with Gasteiger partial charge < -0.3 is 5.32 Å². The maximum Gasteiger partial charge on any atom is 0.225 e. The highest BCUT2D eigenvalue weighted by molar-refractivity contribution is 6.28. The number of halogens is 1. The van der Waals surface area contributed by atoms with Crippen LogP contribution in [0.25, 0.3) is 11.0 Å². The number of aromatic nitrogens is 6. The van der Waals surface area contributed by atoms with Gasteiger partial charge in [-0.05, 0) is 30.2 Å². The molecule has 3 rings (SSSR count). The van der Waals surface area contributed by atoms with E-state index in [1.807, 2.05) is 7.05 Å². The number of hydrogen-bond acceptors (Lipinski definition) is 6. The van der Waals surface area contributed by atoms with E-state index >= 15 is 0 Å². The third kappa shape index (κ3) is 2.64. The maximum absolute atomic E-state index is 6.04. The van der Waals surface area contributed by atoms with Crippen LogP contribution in [-0.4, -0.2) is 29.9 Å². The third-order valence-corrected chi connectivity index (χ3v) is 3.20. The van der Waals surface area contributed by atoms with E-state index in [4.69, 9.17) is 11.6 Å². The van der Waals surface area contributed by atoms with Crippen molar-refractivity contribution in [1.82, 2.24) is 29.9 Å². The SMILES string of the molecule is CCCc1nn(C)c2c(Nc3cccnn3)nc(Cl)nc12. The highest BCUT2D eigenvalue weighted by atomic mass is 35.5. The first kappa shape index (κ1) is 13.7. The molecule has 21 heavy (non-hydrogen) atoms. The monoisotopic (exact) mass is 303 g/mol. The normalized spacial score (nSPS) is 11.0. The fraction of sp³-hybridized carbons (Fsp3) is 0.308. The van der Waals surface area contributed by atoms with Gasteiger partial charge in [-0.25, -0.2) is 4.98 Å². The highest BCUT2D eigenvalue weighted by Crippen LogP contribution is 2.26. The Morgan fingerprint density at radius 1 is 1.33 bits per heavy atom. The standard InChI is InChI=1S/C13H14ClN7/c1-3-5-8-10-11(21(2)20-8)12(18-13(14)17-10)16-9-6-4-7-15-19-9/h4,6-7H,3,5H2,1-2H3,(H,16,17,18,19). The van der Waals surface area contributed by atoms with Crippen LogP contribution in [0, 0.1) is 0 Å². The number of aryl methyl sites for hydroxylation is 2. The number of nitrogens with one attached hydrogen (secondary N) is 1. The first-order valence-electron chi connectivity index (χ1n) is 6.63. The summed E-state index contributed by atoms with van der Waals surface area (Å²) in [7, 11) is 1.86. The summed E-state index contributed by atoms with van der Waals surface area (Å²) >= 11 is 6.04. The lowest BCUT2D eigenvalue weighted by molar-refractivity contribution is 0.753. The summed E-state index contributed by atoms with van der Waals surface area (Å²) in [5, 5.41) is 15.6. The van der Waals surface area contributed by atoms with Crippen molar-refractivity contribution in [2.24, 2.45) is 7.05 Å². The van der Waals surface area contributed by atoms with Crippen LogP contribution in [0.1, 0.15) is 19.0 Å². The van der Waals surface area contributed by atoms with Crippen LogP contribution in [0.15, 0.2) is 18.3 Å². The number of nitrogens with zero attached hydrogens (tertiary/aromatic N) is 6. The van der Waals surface area contributed by atoms with Gasteiger partial charge in [-0.1, -0.05) is 13.3 Å². The molecule has 0 saturated carbocycles. The topological polar surface area (TPSA) is 81.4 Å². The quantitative estimate of drug-likeness (QED) is 0.746. The summed E-state index contributed by atoms with van der Waals surface area (Å²) < 4.78 is 1.76. The molecule has 0 fully saturated rings. The summed E-state index contributed by atoms with van der Waals surface area (Å²) in [5.41, 5.74) is 2.49. The van der Waals surface area contributed by atoms with Crippen molar-refractivity contribution in [1.29, 1.82) is 0 Å². The van der Waals surface area contributed by atoms with Crippen LogP contribution in [0.4, 0.5) is 11.6 Å². The zero-order valence-corrected chi connectivity index (χ0v) is 12.5. The molecule has 0 saturated heterocycles. The van der Waals surface area contributed by atoms with Gasteiger partial charge in [0.05, 0.1) is 5.69 Å². The molecule has 0 aliphatic rings. The van der Waals surface area contributed by atoms with E-state index < -0.39 is 0 Å². The second kappa shape index (κ2) is 5.61. The van der Waals surface area contributed by atoms with Crippen LogP contribution in [0.5, 0.6) is 0 Å². The van der Waals surface area contributed by atoms with Crippen molar-refractivity contribution in [2.75, 3.05) is 5.32 Å². The Balaban J connectivity index is 2.13. The second-order valence-corrected chi connectivity index (χ2v) is 4.93. The van der Waals surface area contributed by atoms with Gasteiger partial charge >= 0.3 is 0 Å². The minimum Gasteiger partial charge on any atom is -0.321 e. The summed E-state index contributed by atoms with van der Waals surface area (Å²) in [6.07, 6.45) is 3.44. The third-order valence-electron chi connectivity index (χ3n) is 3.03. The van der Waals surface area contributed by atoms with E-state index in [1.54, 1.807) is 23.0 Å². The molecular weight excluding hydrogens is 290 g/mol. The van der Waals surface area contributed by atoms with Crippen molar-refractivity contribution in [2.45, 2.75) is 19.8 Å². The fourth-order valence-electron chi connectivity index (χ4n) is 2.20. The Kier molecular flexibility index (Phi) is 3.66. The molecule has 3 heterocycles. The minimum atomic E-state index is 0.180. The lowest BCUT2D eigenvalue weighted by Crippen LogP contribution is -2.02. The Labute approximate surface area is 126 Å². The summed E-state index contributed by atoms with van der Waals surface area (Å²) in [5.74, 6) is 1.16. The first-order chi connectivity index (χ1) is 10.2. The van der Waals surface area contributed by atoms with Crippen LogP contribution >= 0.6 is 11.6 Å². The van der Waals surface area contributed by atoms with Crippen molar-refractivity contribution in [3.05, 3.63) is 29.3 Å². The zero-order chi connectivity index (χ0) is 14.8. The Hall–Kier alpha value is -2.28. The summed E-state index contributed by atoms with van der Waals surface area (Å²) in [6.45, 7) is 2.10. The van der Waals surface area contributed by atoms with Gasteiger partial charge in [-0.15, -0.1) is 5.10 Å². The van der Waals surface area contributed by atoms with E-state index in [0.29, 0.717) is 11.6 Å². The molecule has 0 bridgehead atoms. The van der Waals surface area contributed by atoms with Crippen LogP contribution < -0.4 is 5.32 Å². The fourth-order valence-corrected chi connectivity index (χ4v) is 2.36. The van der Waals surface area contributed by atoms with E-state index in [0.717, 1.165) is 29.6 Å². The zero-order valence-electron chi connectivity index (χ0n) is 11.7.